The number of hydrogen-bond donors (Lipinski definition) is 2. The van der Waals surface area contributed by atoms with Gasteiger partial charge in [0.25, 0.3) is 0 Å². The van der Waals surface area contributed by atoms with Crippen LogP contribution in [0.3, 0.4) is 0 Å². The highest BCUT2D eigenvalue weighted by Crippen LogP contribution is 2.28. The van der Waals surface area contributed by atoms with Crippen molar-refractivity contribution in [2.45, 2.75) is 0 Å². The molecule has 0 aliphatic heterocycles. The zero-order valence-electron chi connectivity index (χ0n) is 11.1. The Morgan fingerprint density at radius 1 is 1.16 bits per heavy atom. The van der Waals surface area contributed by atoms with Crippen molar-refractivity contribution in [2.75, 3.05) is 19.1 Å². The molecule has 0 saturated heterocycles. The number of nitrogens with two attached hydrogens (primary N) is 1. The van der Waals surface area contributed by atoms with Gasteiger partial charge in [-0.25, -0.2) is 0 Å². The van der Waals surface area contributed by atoms with Gasteiger partial charge in [-0.15, -0.1) is 0 Å². The van der Waals surface area contributed by atoms with Crippen molar-refractivity contribution in [3.05, 3.63) is 54.1 Å². The van der Waals surface area contributed by atoms with Crippen molar-refractivity contribution in [1.29, 1.82) is 5.41 Å². The van der Waals surface area contributed by atoms with E-state index in [4.69, 9.17) is 15.9 Å². The molecule has 0 spiro atoms. The topological polar surface area (TPSA) is 62.3 Å². The summed E-state index contributed by atoms with van der Waals surface area (Å²) in [6.45, 7) is 0. The average molecular weight is 255 g/mol. The number of para-hydroxylation sites is 1. The van der Waals surface area contributed by atoms with Crippen LogP contribution in [0.15, 0.2) is 48.5 Å². The van der Waals surface area contributed by atoms with Crippen molar-refractivity contribution >= 4 is 17.2 Å². The Bertz CT molecular complexity index is 595. The van der Waals surface area contributed by atoms with Crippen LogP contribution >= 0.6 is 0 Å². The molecule has 0 fully saturated rings. The SMILES string of the molecule is COc1cccc(N(C)c2ccccc2C(=N)N)c1. The Balaban J connectivity index is 2.43. The number of nitrogens with zero attached hydrogens (tertiary/aromatic N) is 1. The van der Waals surface area contributed by atoms with Gasteiger partial charge in [0.1, 0.15) is 11.6 Å². The summed E-state index contributed by atoms with van der Waals surface area (Å²) in [6.07, 6.45) is 0. The van der Waals surface area contributed by atoms with E-state index < -0.39 is 0 Å². The molecule has 19 heavy (non-hydrogen) atoms. The number of anilines is 2. The molecule has 98 valence electrons. The largest absolute Gasteiger partial charge is 0.497 e. The molecule has 0 amide bonds. The highest BCUT2D eigenvalue weighted by molar-refractivity contribution is 6.01. The summed E-state index contributed by atoms with van der Waals surface area (Å²) in [7, 11) is 3.58. The Hall–Kier alpha value is -2.49. The van der Waals surface area contributed by atoms with E-state index in [2.05, 4.69) is 0 Å². The molecule has 2 aromatic carbocycles. The highest BCUT2D eigenvalue weighted by Gasteiger charge is 2.11. The summed E-state index contributed by atoms with van der Waals surface area (Å²) in [5.74, 6) is 0.856. The first kappa shape index (κ1) is 13.0. The van der Waals surface area contributed by atoms with E-state index in [1.165, 1.54) is 0 Å². The monoisotopic (exact) mass is 255 g/mol. The Morgan fingerprint density at radius 2 is 1.89 bits per heavy atom. The van der Waals surface area contributed by atoms with E-state index in [1.54, 1.807) is 7.11 Å². The van der Waals surface area contributed by atoms with Gasteiger partial charge < -0.3 is 15.4 Å². The predicted molar refractivity (Wildman–Crippen MR) is 78.5 cm³/mol. The van der Waals surface area contributed by atoms with Gasteiger partial charge in [-0.05, 0) is 24.3 Å². The third-order valence-electron chi connectivity index (χ3n) is 3.00. The minimum absolute atomic E-state index is 0.0605. The fourth-order valence-corrected chi connectivity index (χ4v) is 1.95. The fraction of sp³-hybridized carbons (Fsp3) is 0.133. The number of methoxy groups -OCH3 is 1. The molecule has 4 nitrogen and oxygen atoms in total. The molecule has 0 heterocycles. The van der Waals surface area contributed by atoms with Crippen LogP contribution in [0.5, 0.6) is 5.75 Å². The minimum Gasteiger partial charge on any atom is -0.497 e. The molecule has 4 heteroatoms. The number of rotatable bonds is 4. The number of amidine groups is 1. The molecule has 0 aliphatic rings. The van der Waals surface area contributed by atoms with Crippen LogP contribution in [0, 0.1) is 5.41 Å². The predicted octanol–water partition coefficient (Wildman–Crippen LogP) is 2.75. The fourth-order valence-electron chi connectivity index (χ4n) is 1.95. The molecule has 0 atom stereocenters. The normalized spacial score (nSPS) is 10.0. The van der Waals surface area contributed by atoms with Crippen molar-refractivity contribution in [2.24, 2.45) is 5.73 Å². The van der Waals surface area contributed by atoms with Crippen LogP contribution in [0.25, 0.3) is 0 Å². The van der Waals surface area contributed by atoms with Crippen LogP contribution < -0.4 is 15.4 Å². The number of hydrogen-bond acceptors (Lipinski definition) is 3. The molecule has 0 saturated carbocycles. The maximum absolute atomic E-state index is 7.64. The number of benzene rings is 2. The molecule has 0 aliphatic carbocycles. The number of nitrogen functional groups attached to an aromatic ring is 1. The summed E-state index contributed by atoms with van der Waals surface area (Å²) < 4.78 is 5.22. The molecular weight excluding hydrogens is 238 g/mol. The van der Waals surface area contributed by atoms with Crippen molar-refractivity contribution in [3.63, 3.8) is 0 Å². The second-order valence-corrected chi connectivity index (χ2v) is 4.19. The molecular formula is C15H17N3O. The van der Waals surface area contributed by atoms with Gasteiger partial charge in [0.15, 0.2) is 0 Å². The van der Waals surface area contributed by atoms with Crippen LogP contribution in [0.2, 0.25) is 0 Å². The molecule has 2 rings (SSSR count). The second kappa shape index (κ2) is 5.44. The standard InChI is InChI=1S/C15H17N3O/c1-18(11-6-5-7-12(10-11)19-2)14-9-4-3-8-13(14)15(16)17/h3-10H,1-2H3,(H3,16,17). The summed E-state index contributed by atoms with van der Waals surface area (Å²) in [5, 5.41) is 7.64. The zero-order valence-corrected chi connectivity index (χ0v) is 11.1. The summed E-state index contributed by atoms with van der Waals surface area (Å²) in [5.41, 5.74) is 8.21. The van der Waals surface area contributed by atoms with Gasteiger partial charge in [-0.3, -0.25) is 5.41 Å². The molecule has 3 N–H and O–H groups in total. The minimum atomic E-state index is 0.0605. The third-order valence-corrected chi connectivity index (χ3v) is 3.00. The average Bonchev–Trinajstić information content (AvgIpc) is 2.46. The smallest absolute Gasteiger partial charge is 0.124 e. The Kier molecular flexibility index (Phi) is 3.71. The molecule has 2 aromatic rings. The van der Waals surface area contributed by atoms with Crippen molar-refractivity contribution < 1.29 is 4.74 Å². The van der Waals surface area contributed by atoms with E-state index in [0.29, 0.717) is 5.56 Å². The van der Waals surface area contributed by atoms with Gasteiger partial charge in [0.2, 0.25) is 0 Å². The molecule has 0 unspecified atom stereocenters. The lowest BCUT2D eigenvalue weighted by molar-refractivity contribution is 0.415. The highest BCUT2D eigenvalue weighted by atomic mass is 16.5. The lowest BCUT2D eigenvalue weighted by Crippen LogP contribution is -2.18. The van der Waals surface area contributed by atoms with Crippen LogP contribution in [0.4, 0.5) is 11.4 Å². The van der Waals surface area contributed by atoms with Crippen LogP contribution in [-0.4, -0.2) is 20.0 Å². The molecule has 0 bridgehead atoms. The van der Waals surface area contributed by atoms with Gasteiger partial charge >= 0.3 is 0 Å². The molecule has 0 radical (unpaired) electrons. The Labute approximate surface area is 112 Å². The van der Waals surface area contributed by atoms with Gasteiger partial charge in [-0.1, -0.05) is 18.2 Å². The summed E-state index contributed by atoms with van der Waals surface area (Å²) in [4.78, 5) is 1.99. The lowest BCUT2D eigenvalue weighted by atomic mass is 10.1. The Morgan fingerprint density at radius 3 is 2.58 bits per heavy atom. The van der Waals surface area contributed by atoms with E-state index in [1.807, 2.05) is 60.5 Å². The first-order valence-corrected chi connectivity index (χ1v) is 5.94. The summed E-state index contributed by atoms with van der Waals surface area (Å²) in [6, 6.07) is 15.3. The number of nitrogens with one attached hydrogen (secondary N) is 1. The van der Waals surface area contributed by atoms with Gasteiger partial charge in [0, 0.05) is 24.4 Å². The van der Waals surface area contributed by atoms with Crippen molar-refractivity contribution in [1.82, 2.24) is 0 Å². The van der Waals surface area contributed by atoms with E-state index in [9.17, 15) is 0 Å². The zero-order chi connectivity index (χ0) is 13.8. The van der Waals surface area contributed by atoms with Crippen LogP contribution in [-0.2, 0) is 0 Å². The van der Waals surface area contributed by atoms with E-state index in [-0.39, 0.29) is 5.84 Å². The van der Waals surface area contributed by atoms with Gasteiger partial charge in [0.05, 0.1) is 12.8 Å². The maximum Gasteiger partial charge on any atom is 0.124 e. The first-order chi connectivity index (χ1) is 9.13. The quantitative estimate of drug-likeness (QED) is 0.652. The lowest BCUT2D eigenvalue weighted by Gasteiger charge is -2.22. The molecule has 0 aromatic heterocycles. The maximum atomic E-state index is 7.64. The van der Waals surface area contributed by atoms with Gasteiger partial charge in [-0.2, -0.15) is 0 Å². The second-order valence-electron chi connectivity index (χ2n) is 4.19. The van der Waals surface area contributed by atoms with Crippen molar-refractivity contribution in [3.8, 4) is 5.75 Å². The van der Waals surface area contributed by atoms with Crippen LogP contribution in [0.1, 0.15) is 5.56 Å². The van der Waals surface area contributed by atoms with E-state index in [0.717, 1.165) is 17.1 Å². The number of ether oxygens (including phenoxy) is 1. The summed E-state index contributed by atoms with van der Waals surface area (Å²) >= 11 is 0. The first-order valence-electron chi connectivity index (χ1n) is 5.94. The van der Waals surface area contributed by atoms with E-state index >= 15 is 0 Å². The third kappa shape index (κ3) is 2.68.